The highest BCUT2D eigenvalue weighted by molar-refractivity contribution is 8.18. The smallest absolute Gasteiger partial charge is 0.266 e. The molecule has 0 aliphatic carbocycles. The standard InChI is InChI=1S/C19H20N2O2S2/c1-13(2)12-21-18(22)17(11-16-5-4-10-24-16)25-19(21)20-14-6-8-15(23-3)9-7-14/h4-11,13H,12H2,1-3H3. The molecule has 25 heavy (non-hydrogen) atoms. The van der Waals surface area contributed by atoms with Crippen molar-refractivity contribution in [2.24, 2.45) is 10.9 Å². The molecule has 0 radical (unpaired) electrons. The van der Waals surface area contributed by atoms with E-state index in [0.29, 0.717) is 12.5 Å². The molecular weight excluding hydrogens is 352 g/mol. The first-order valence-electron chi connectivity index (χ1n) is 8.04. The number of ether oxygens (including phenoxy) is 1. The molecule has 2 aromatic rings. The molecule has 0 atom stereocenters. The van der Waals surface area contributed by atoms with E-state index in [0.717, 1.165) is 26.4 Å². The number of thiophene rings is 1. The van der Waals surface area contributed by atoms with Crippen LogP contribution < -0.4 is 4.74 Å². The van der Waals surface area contributed by atoms with Crippen LogP contribution in [0.3, 0.4) is 0 Å². The molecule has 1 aliphatic rings. The van der Waals surface area contributed by atoms with Gasteiger partial charge in [-0.1, -0.05) is 19.9 Å². The Bertz CT molecular complexity index is 793. The lowest BCUT2D eigenvalue weighted by molar-refractivity contribution is -0.122. The number of benzene rings is 1. The summed E-state index contributed by atoms with van der Waals surface area (Å²) in [4.78, 5) is 21.1. The fourth-order valence-corrected chi connectivity index (χ4v) is 4.12. The Balaban J connectivity index is 1.91. The lowest BCUT2D eigenvalue weighted by atomic mass is 10.2. The fraction of sp³-hybridized carbons (Fsp3) is 0.263. The lowest BCUT2D eigenvalue weighted by Crippen LogP contribution is -2.32. The first-order chi connectivity index (χ1) is 12.1. The number of carbonyl (C=O) groups is 1. The number of aliphatic imine (C=N–C) groups is 1. The van der Waals surface area contributed by atoms with E-state index >= 15 is 0 Å². The highest BCUT2D eigenvalue weighted by atomic mass is 32.2. The molecule has 0 N–H and O–H groups in total. The molecular formula is C19H20N2O2S2. The highest BCUT2D eigenvalue weighted by Gasteiger charge is 2.33. The molecule has 1 saturated heterocycles. The van der Waals surface area contributed by atoms with Crippen LogP contribution in [0, 0.1) is 5.92 Å². The number of rotatable bonds is 5. The molecule has 0 bridgehead atoms. The van der Waals surface area contributed by atoms with Crippen LogP contribution in [-0.2, 0) is 4.79 Å². The third-order valence-corrected chi connectivity index (χ3v) is 5.38. The van der Waals surface area contributed by atoms with E-state index in [2.05, 4.69) is 18.8 Å². The van der Waals surface area contributed by atoms with Crippen LogP contribution in [0.1, 0.15) is 18.7 Å². The van der Waals surface area contributed by atoms with Gasteiger partial charge in [0.15, 0.2) is 5.17 Å². The van der Waals surface area contributed by atoms with Crippen LogP contribution >= 0.6 is 23.1 Å². The third-order valence-electron chi connectivity index (χ3n) is 3.55. The van der Waals surface area contributed by atoms with Gasteiger partial charge in [0.25, 0.3) is 5.91 Å². The van der Waals surface area contributed by atoms with Crippen molar-refractivity contribution < 1.29 is 9.53 Å². The summed E-state index contributed by atoms with van der Waals surface area (Å²) in [6.45, 7) is 4.86. The molecule has 6 heteroatoms. The van der Waals surface area contributed by atoms with Gasteiger partial charge in [-0.3, -0.25) is 9.69 Å². The number of hydrogen-bond donors (Lipinski definition) is 0. The summed E-state index contributed by atoms with van der Waals surface area (Å²) in [5.74, 6) is 1.18. The molecule has 3 rings (SSSR count). The predicted octanol–water partition coefficient (Wildman–Crippen LogP) is 5.02. The van der Waals surface area contributed by atoms with Crippen molar-refractivity contribution in [1.29, 1.82) is 0 Å². The number of methoxy groups -OCH3 is 1. The average molecular weight is 373 g/mol. The molecule has 1 amide bonds. The Morgan fingerprint density at radius 3 is 2.60 bits per heavy atom. The molecule has 1 aromatic carbocycles. The van der Waals surface area contributed by atoms with Crippen LogP contribution in [0.2, 0.25) is 0 Å². The number of nitrogens with zero attached hydrogens (tertiary/aromatic N) is 2. The van der Waals surface area contributed by atoms with E-state index in [-0.39, 0.29) is 5.91 Å². The Labute approximate surface area is 156 Å². The molecule has 4 nitrogen and oxygen atoms in total. The Morgan fingerprint density at radius 1 is 1.24 bits per heavy atom. The number of amidine groups is 1. The van der Waals surface area contributed by atoms with Crippen LogP contribution in [0.4, 0.5) is 5.69 Å². The maximum Gasteiger partial charge on any atom is 0.266 e. The van der Waals surface area contributed by atoms with Gasteiger partial charge in [-0.15, -0.1) is 11.3 Å². The second-order valence-corrected chi connectivity index (χ2v) is 8.02. The summed E-state index contributed by atoms with van der Waals surface area (Å²) in [5.41, 5.74) is 0.808. The maximum atomic E-state index is 12.8. The first kappa shape index (κ1) is 17.8. The Morgan fingerprint density at radius 2 is 2.00 bits per heavy atom. The summed E-state index contributed by atoms with van der Waals surface area (Å²) in [5, 5.41) is 2.74. The molecule has 1 fully saturated rings. The van der Waals surface area contributed by atoms with Crippen LogP contribution in [0.25, 0.3) is 6.08 Å². The molecule has 1 aromatic heterocycles. The topological polar surface area (TPSA) is 41.9 Å². The zero-order valence-corrected chi connectivity index (χ0v) is 16.1. The minimum atomic E-state index is 0.0272. The summed E-state index contributed by atoms with van der Waals surface area (Å²) in [7, 11) is 1.64. The molecule has 2 heterocycles. The van der Waals surface area contributed by atoms with Crippen LogP contribution in [0.15, 0.2) is 51.7 Å². The van der Waals surface area contributed by atoms with Gasteiger partial charge in [-0.05, 0) is 59.5 Å². The van der Waals surface area contributed by atoms with E-state index in [9.17, 15) is 4.79 Å². The van der Waals surface area contributed by atoms with E-state index in [4.69, 9.17) is 4.74 Å². The third kappa shape index (κ3) is 4.32. The van der Waals surface area contributed by atoms with Gasteiger partial charge < -0.3 is 4.74 Å². The Kier molecular flexibility index (Phi) is 5.60. The summed E-state index contributed by atoms with van der Waals surface area (Å²) < 4.78 is 5.18. The Hall–Kier alpha value is -2.05. The van der Waals surface area contributed by atoms with Crippen molar-refractivity contribution >= 4 is 45.9 Å². The summed E-state index contributed by atoms with van der Waals surface area (Å²) >= 11 is 3.06. The average Bonchev–Trinajstić information content (AvgIpc) is 3.20. The van der Waals surface area contributed by atoms with E-state index < -0.39 is 0 Å². The number of amides is 1. The minimum absolute atomic E-state index is 0.0272. The molecule has 0 spiro atoms. The minimum Gasteiger partial charge on any atom is -0.497 e. The van der Waals surface area contributed by atoms with Crippen molar-refractivity contribution in [2.45, 2.75) is 13.8 Å². The summed E-state index contributed by atoms with van der Waals surface area (Å²) in [6, 6.07) is 11.5. The highest BCUT2D eigenvalue weighted by Crippen LogP contribution is 2.35. The van der Waals surface area contributed by atoms with E-state index in [1.807, 2.05) is 47.9 Å². The zero-order chi connectivity index (χ0) is 17.8. The normalized spacial score (nSPS) is 17.9. The zero-order valence-electron chi connectivity index (χ0n) is 14.4. The predicted molar refractivity (Wildman–Crippen MR) is 107 cm³/mol. The van der Waals surface area contributed by atoms with Crippen molar-refractivity contribution in [2.75, 3.05) is 13.7 Å². The van der Waals surface area contributed by atoms with Crippen molar-refractivity contribution in [3.8, 4) is 5.75 Å². The number of carbonyl (C=O) groups excluding carboxylic acids is 1. The fourth-order valence-electron chi connectivity index (χ4n) is 2.39. The van der Waals surface area contributed by atoms with Gasteiger partial charge in [-0.25, -0.2) is 4.99 Å². The van der Waals surface area contributed by atoms with Crippen molar-refractivity contribution in [3.05, 3.63) is 51.6 Å². The first-order valence-corrected chi connectivity index (χ1v) is 9.74. The number of thioether (sulfide) groups is 1. The second kappa shape index (κ2) is 7.89. The van der Waals surface area contributed by atoms with Gasteiger partial charge in [0.1, 0.15) is 5.75 Å². The molecule has 0 saturated carbocycles. The van der Waals surface area contributed by atoms with E-state index in [1.165, 1.54) is 11.8 Å². The maximum absolute atomic E-state index is 12.8. The molecule has 130 valence electrons. The van der Waals surface area contributed by atoms with Gasteiger partial charge in [0, 0.05) is 11.4 Å². The quantitative estimate of drug-likeness (QED) is 0.692. The monoisotopic (exact) mass is 372 g/mol. The van der Waals surface area contributed by atoms with Gasteiger partial charge in [0.05, 0.1) is 17.7 Å². The van der Waals surface area contributed by atoms with Gasteiger partial charge in [0.2, 0.25) is 0 Å². The van der Waals surface area contributed by atoms with Gasteiger partial charge >= 0.3 is 0 Å². The SMILES string of the molecule is COc1ccc(N=C2SC(=Cc3cccs3)C(=O)N2CC(C)C)cc1. The summed E-state index contributed by atoms with van der Waals surface area (Å²) in [6.07, 6.45) is 1.95. The lowest BCUT2D eigenvalue weighted by Gasteiger charge is -2.17. The second-order valence-electron chi connectivity index (χ2n) is 6.03. The van der Waals surface area contributed by atoms with E-state index in [1.54, 1.807) is 23.3 Å². The van der Waals surface area contributed by atoms with Crippen molar-refractivity contribution in [1.82, 2.24) is 4.90 Å². The van der Waals surface area contributed by atoms with Gasteiger partial charge in [-0.2, -0.15) is 0 Å². The number of hydrogen-bond acceptors (Lipinski definition) is 5. The largest absolute Gasteiger partial charge is 0.497 e. The molecule has 1 aliphatic heterocycles. The molecule has 0 unspecified atom stereocenters. The van der Waals surface area contributed by atoms with Crippen molar-refractivity contribution in [3.63, 3.8) is 0 Å². The van der Waals surface area contributed by atoms with Crippen LogP contribution in [0.5, 0.6) is 5.75 Å². The van der Waals surface area contributed by atoms with Crippen LogP contribution in [-0.4, -0.2) is 29.6 Å².